The average molecular weight is 435 g/mol. The van der Waals surface area contributed by atoms with Gasteiger partial charge in [0.05, 0.1) is 12.5 Å². The molecule has 1 aliphatic heterocycles. The van der Waals surface area contributed by atoms with Gasteiger partial charge in [-0.05, 0) is 18.1 Å². The first kappa shape index (κ1) is 21.6. The summed E-state index contributed by atoms with van der Waals surface area (Å²) >= 11 is 0. The van der Waals surface area contributed by atoms with Crippen LogP contribution in [0.4, 0.5) is 10.5 Å². The zero-order chi connectivity index (χ0) is 22.5. The number of carboxylic acid groups (broad SMARTS) is 1. The van der Waals surface area contributed by atoms with Crippen molar-refractivity contribution in [2.45, 2.75) is 19.9 Å². The Balaban J connectivity index is 1.33. The summed E-state index contributed by atoms with van der Waals surface area (Å²) in [6.45, 7) is 3.85. The topological polar surface area (TPSA) is 105 Å². The van der Waals surface area contributed by atoms with Crippen LogP contribution >= 0.6 is 0 Å². The first-order chi connectivity index (χ1) is 15.5. The van der Waals surface area contributed by atoms with Crippen LogP contribution in [0.15, 0.2) is 59.1 Å². The number of benzene rings is 2. The lowest BCUT2D eigenvalue weighted by atomic mass is 9.99. The molecule has 2 heterocycles. The zero-order valence-electron chi connectivity index (χ0n) is 17.8. The number of ether oxygens (including phenoxy) is 1. The molecule has 0 spiro atoms. The molecule has 1 amide bonds. The Kier molecular flexibility index (Phi) is 6.51. The molecule has 4 rings (SSSR count). The molecule has 0 radical (unpaired) electrons. The SMILES string of the molecule is Cc1noc(-c2ccc(CN3CC(C(=O)O)C3)cc2)c1NC(=O)OCCc1ccccc1. The lowest BCUT2D eigenvalue weighted by Crippen LogP contribution is -2.49. The summed E-state index contributed by atoms with van der Waals surface area (Å²) in [4.78, 5) is 25.3. The lowest BCUT2D eigenvalue weighted by Gasteiger charge is -2.36. The molecule has 8 heteroatoms. The van der Waals surface area contributed by atoms with E-state index in [1.807, 2.05) is 54.6 Å². The van der Waals surface area contributed by atoms with E-state index in [1.165, 1.54) is 0 Å². The van der Waals surface area contributed by atoms with Crippen molar-refractivity contribution in [3.05, 3.63) is 71.4 Å². The summed E-state index contributed by atoms with van der Waals surface area (Å²) in [6, 6.07) is 17.5. The van der Waals surface area contributed by atoms with Crippen molar-refractivity contribution in [1.29, 1.82) is 0 Å². The van der Waals surface area contributed by atoms with Gasteiger partial charge in [-0.25, -0.2) is 4.79 Å². The molecule has 1 aliphatic rings. The highest BCUT2D eigenvalue weighted by molar-refractivity contribution is 5.90. The van der Waals surface area contributed by atoms with Crippen LogP contribution in [0.2, 0.25) is 0 Å². The third kappa shape index (κ3) is 5.15. The summed E-state index contributed by atoms with van der Waals surface area (Å²) in [5, 5.41) is 15.7. The van der Waals surface area contributed by atoms with Gasteiger partial charge < -0.3 is 14.4 Å². The second kappa shape index (κ2) is 9.65. The molecule has 1 saturated heterocycles. The molecule has 0 unspecified atom stereocenters. The Labute approximate surface area is 185 Å². The molecule has 166 valence electrons. The van der Waals surface area contributed by atoms with E-state index in [0.29, 0.717) is 43.2 Å². The van der Waals surface area contributed by atoms with E-state index in [4.69, 9.17) is 14.4 Å². The number of anilines is 1. The number of aliphatic carboxylic acids is 1. The van der Waals surface area contributed by atoms with Gasteiger partial charge in [0.25, 0.3) is 0 Å². The van der Waals surface area contributed by atoms with Crippen LogP contribution in [0, 0.1) is 12.8 Å². The van der Waals surface area contributed by atoms with Crippen LogP contribution in [0.25, 0.3) is 11.3 Å². The number of hydrogen-bond donors (Lipinski definition) is 2. The maximum absolute atomic E-state index is 12.3. The molecular formula is C24H25N3O5. The minimum atomic E-state index is -0.740. The number of amides is 1. The molecule has 3 aromatic rings. The fraction of sp³-hybridized carbons (Fsp3) is 0.292. The van der Waals surface area contributed by atoms with Gasteiger partial charge in [0, 0.05) is 31.6 Å². The predicted octanol–water partition coefficient (Wildman–Crippen LogP) is 3.96. The van der Waals surface area contributed by atoms with Gasteiger partial charge in [-0.2, -0.15) is 0 Å². The van der Waals surface area contributed by atoms with Gasteiger partial charge >= 0.3 is 12.1 Å². The first-order valence-electron chi connectivity index (χ1n) is 10.5. The van der Waals surface area contributed by atoms with Crippen LogP contribution < -0.4 is 5.32 Å². The van der Waals surface area contributed by atoms with Crippen molar-refractivity contribution in [1.82, 2.24) is 10.1 Å². The van der Waals surface area contributed by atoms with Crippen LogP contribution in [-0.2, 0) is 22.5 Å². The van der Waals surface area contributed by atoms with Gasteiger partial charge in [0.1, 0.15) is 11.4 Å². The van der Waals surface area contributed by atoms with Gasteiger partial charge in [-0.15, -0.1) is 0 Å². The fourth-order valence-electron chi connectivity index (χ4n) is 3.63. The zero-order valence-corrected chi connectivity index (χ0v) is 17.8. The Morgan fingerprint density at radius 3 is 2.53 bits per heavy atom. The number of carbonyl (C=O) groups is 2. The molecule has 2 aromatic carbocycles. The second-order valence-corrected chi connectivity index (χ2v) is 7.89. The van der Waals surface area contributed by atoms with Crippen LogP contribution in [0.5, 0.6) is 0 Å². The minimum absolute atomic E-state index is 0.267. The Bertz CT molecular complexity index is 1070. The highest BCUT2D eigenvalue weighted by atomic mass is 16.5. The van der Waals surface area contributed by atoms with Crippen molar-refractivity contribution in [2.75, 3.05) is 25.0 Å². The van der Waals surface area contributed by atoms with Crippen LogP contribution in [-0.4, -0.2) is 46.9 Å². The van der Waals surface area contributed by atoms with E-state index in [1.54, 1.807) is 6.92 Å². The van der Waals surface area contributed by atoms with Crippen molar-refractivity contribution in [2.24, 2.45) is 5.92 Å². The summed E-state index contributed by atoms with van der Waals surface area (Å²) in [5.41, 5.74) is 3.99. The molecule has 8 nitrogen and oxygen atoms in total. The Morgan fingerprint density at radius 1 is 1.12 bits per heavy atom. The Hall–Kier alpha value is -3.65. The highest BCUT2D eigenvalue weighted by Crippen LogP contribution is 2.31. The van der Waals surface area contributed by atoms with Gasteiger partial charge in [-0.3, -0.25) is 15.0 Å². The Morgan fingerprint density at radius 2 is 1.84 bits per heavy atom. The standard InChI is InChI=1S/C24H25N3O5/c1-16-21(25-24(30)31-12-11-17-5-3-2-4-6-17)22(32-26-16)19-9-7-18(8-10-19)13-27-14-20(15-27)23(28)29/h2-10,20H,11-15H2,1H3,(H,25,30)(H,28,29). The largest absolute Gasteiger partial charge is 0.481 e. The molecule has 0 bridgehead atoms. The monoisotopic (exact) mass is 435 g/mol. The van der Waals surface area contributed by atoms with E-state index in [0.717, 1.165) is 16.7 Å². The normalized spacial score (nSPS) is 14.0. The third-order valence-corrected chi connectivity index (χ3v) is 5.49. The molecule has 1 aromatic heterocycles. The van der Waals surface area contributed by atoms with E-state index in [-0.39, 0.29) is 12.5 Å². The number of carboxylic acids is 1. The van der Waals surface area contributed by atoms with E-state index >= 15 is 0 Å². The summed E-state index contributed by atoms with van der Waals surface area (Å²) in [5.74, 6) is -0.549. The smallest absolute Gasteiger partial charge is 0.411 e. The summed E-state index contributed by atoms with van der Waals surface area (Å²) < 4.78 is 10.8. The van der Waals surface area contributed by atoms with Gasteiger partial charge in [-0.1, -0.05) is 59.8 Å². The van der Waals surface area contributed by atoms with Crippen LogP contribution in [0.1, 0.15) is 16.8 Å². The fourth-order valence-corrected chi connectivity index (χ4v) is 3.63. The number of rotatable bonds is 8. The third-order valence-electron chi connectivity index (χ3n) is 5.49. The molecular weight excluding hydrogens is 410 g/mol. The first-order valence-corrected chi connectivity index (χ1v) is 10.5. The maximum Gasteiger partial charge on any atom is 0.411 e. The predicted molar refractivity (Wildman–Crippen MR) is 118 cm³/mol. The molecule has 32 heavy (non-hydrogen) atoms. The number of hydrogen-bond acceptors (Lipinski definition) is 6. The molecule has 0 saturated carbocycles. The van der Waals surface area contributed by atoms with E-state index in [2.05, 4.69) is 15.4 Å². The second-order valence-electron chi connectivity index (χ2n) is 7.89. The van der Waals surface area contributed by atoms with Crippen molar-refractivity contribution in [3.63, 3.8) is 0 Å². The maximum atomic E-state index is 12.3. The number of nitrogens with one attached hydrogen (secondary N) is 1. The quantitative estimate of drug-likeness (QED) is 0.552. The minimum Gasteiger partial charge on any atom is -0.481 e. The summed E-state index contributed by atoms with van der Waals surface area (Å²) in [6.07, 6.45) is 0.0750. The average Bonchev–Trinajstić information content (AvgIpc) is 3.11. The van der Waals surface area contributed by atoms with Gasteiger partial charge in [0.15, 0.2) is 5.76 Å². The van der Waals surface area contributed by atoms with Crippen molar-refractivity contribution < 1.29 is 24.0 Å². The molecule has 0 aliphatic carbocycles. The number of likely N-dealkylation sites (tertiary alicyclic amines) is 1. The number of nitrogens with zero attached hydrogens (tertiary/aromatic N) is 2. The lowest BCUT2D eigenvalue weighted by molar-refractivity contribution is -0.147. The number of carbonyl (C=O) groups excluding carboxylic acids is 1. The van der Waals surface area contributed by atoms with Crippen molar-refractivity contribution >= 4 is 17.7 Å². The van der Waals surface area contributed by atoms with E-state index in [9.17, 15) is 9.59 Å². The molecule has 1 fully saturated rings. The van der Waals surface area contributed by atoms with Gasteiger partial charge in [0.2, 0.25) is 0 Å². The summed E-state index contributed by atoms with van der Waals surface area (Å²) in [7, 11) is 0. The highest BCUT2D eigenvalue weighted by Gasteiger charge is 2.32. The number of aryl methyl sites for hydroxylation is 1. The van der Waals surface area contributed by atoms with Crippen molar-refractivity contribution in [3.8, 4) is 11.3 Å². The molecule has 2 N–H and O–H groups in total. The van der Waals surface area contributed by atoms with E-state index < -0.39 is 12.1 Å². The number of aromatic nitrogens is 1. The molecule has 0 atom stereocenters. The van der Waals surface area contributed by atoms with Crippen LogP contribution in [0.3, 0.4) is 0 Å².